The summed E-state index contributed by atoms with van der Waals surface area (Å²) < 4.78 is 0.250. The molecule has 0 rings (SSSR count). The van der Waals surface area contributed by atoms with Gasteiger partial charge in [-0.3, -0.25) is 0 Å². The fourth-order valence-electron chi connectivity index (χ4n) is 0. The van der Waals surface area contributed by atoms with E-state index in [1.165, 1.54) is 0 Å². The van der Waals surface area contributed by atoms with Gasteiger partial charge in [0.1, 0.15) is 0 Å². The number of hydrogen-bond donors (Lipinski definition) is 3. The summed E-state index contributed by atoms with van der Waals surface area (Å²) >= 11 is 14.5. The molecule has 0 aromatic carbocycles. The molecule has 11 heteroatoms. The smallest absolute Gasteiger partial charge is 0.0461 e. The number of aliphatic hydroxyl groups is 3. The summed E-state index contributed by atoms with van der Waals surface area (Å²) in [5.74, 6) is 0. The van der Waals surface area contributed by atoms with Crippen LogP contribution >= 0.6 is 15.8 Å². The van der Waals surface area contributed by atoms with Gasteiger partial charge in [0.2, 0.25) is 0 Å². The van der Waals surface area contributed by atoms with Gasteiger partial charge in [0.15, 0.2) is 0 Å². The molecule has 0 spiro atoms. The molecule has 0 unspecified atom stereocenters. The molecule has 0 fully saturated rings. The average molecular weight is 1090 g/mol. The third-order valence-corrected chi connectivity index (χ3v) is 0. The van der Waals surface area contributed by atoms with Crippen LogP contribution in [-0.2, 0) is 98.2 Å². The molecule has 217 valence electrons. The van der Waals surface area contributed by atoms with Crippen molar-refractivity contribution < 1.29 is 75.6 Å². The summed E-state index contributed by atoms with van der Waals surface area (Å²) in [6.45, 7) is 31.6. The fraction of sp³-hybridized carbons (Fsp3) is 0.857. The van der Waals surface area contributed by atoms with Crippen LogP contribution in [0.3, 0.4) is 0 Å². The first-order valence-electron chi connectivity index (χ1n) is 9.06. The van der Waals surface area contributed by atoms with Crippen LogP contribution in [0.25, 0.3) is 0 Å². The molecule has 32 heavy (non-hydrogen) atoms. The van der Waals surface area contributed by atoms with Gasteiger partial charge >= 0.3 is 0 Å². The Morgan fingerprint density at radius 1 is 0.406 bits per heavy atom. The van der Waals surface area contributed by atoms with Gasteiger partial charge in [-0.1, -0.05) is 62.3 Å². The Morgan fingerprint density at radius 3 is 0.406 bits per heavy atom. The minimum Gasteiger partial charge on any atom is -0.787 e. The molecule has 0 saturated heterocycles. The topological polar surface area (TPSA) is 60.7 Å². The standard InChI is InChI=1S/3C4H10S.2C3H9P.3CH3O.3Ir/c3*1-4(2,3)5;2*1-4(2)3;3*1-2;;;/h3*5H,1-3H3;2*1-3H3;3*2H,1H2;;;/q;;;;;3*-1;;;/p-1. The van der Waals surface area contributed by atoms with Crippen LogP contribution in [0.2, 0.25) is 0 Å². The first-order valence-corrected chi connectivity index (χ1v) is 16.3. The third kappa shape index (κ3) is 2590. The van der Waals surface area contributed by atoms with Gasteiger partial charge in [-0.05, 0) is 15.8 Å². The van der Waals surface area contributed by atoms with E-state index < -0.39 is 0 Å². The maximum absolute atomic E-state index is 6.75. The van der Waals surface area contributed by atoms with Crippen LogP contribution in [0.4, 0.5) is 0 Å². The van der Waals surface area contributed by atoms with E-state index in [1.807, 2.05) is 62.3 Å². The van der Waals surface area contributed by atoms with Gasteiger partial charge in [0.25, 0.3) is 0 Å². The minimum absolute atomic E-state index is 0. The summed E-state index contributed by atoms with van der Waals surface area (Å²) in [7, 11) is 6.99. The van der Waals surface area contributed by atoms with E-state index >= 15 is 0 Å². The van der Waals surface area contributed by atoms with Crippen molar-refractivity contribution in [3.8, 4) is 0 Å². The van der Waals surface area contributed by atoms with Gasteiger partial charge in [0.05, 0.1) is 0 Å². The zero-order chi connectivity index (χ0) is 26.7. The zero-order valence-electron chi connectivity index (χ0n) is 23.2. The molecule has 0 amide bonds. The Balaban J connectivity index is -0.0000000177. The zero-order valence-corrected chi connectivity index (χ0v) is 34.8. The van der Waals surface area contributed by atoms with Crippen molar-refractivity contribution in [1.29, 1.82) is 0 Å². The quantitative estimate of drug-likeness (QED) is 0.144. The molecule has 0 aliphatic heterocycles. The van der Waals surface area contributed by atoms with E-state index in [0.29, 0.717) is 0 Å². The predicted octanol–water partition coefficient (Wildman–Crippen LogP) is 6.62. The summed E-state index contributed by atoms with van der Waals surface area (Å²) in [6.07, 6.45) is 0. The average Bonchev–Trinajstić information content (AvgIpc) is 2.38. The molecule has 3 N–H and O–H groups in total. The third-order valence-electron chi connectivity index (χ3n) is 0. The van der Waals surface area contributed by atoms with Gasteiger partial charge in [-0.15, -0.1) is 0 Å². The molecule has 0 aliphatic rings. The second-order valence-electron chi connectivity index (χ2n) is 9.34. The summed E-state index contributed by atoms with van der Waals surface area (Å²) in [6, 6.07) is 0. The molecule has 3 nitrogen and oxygen atoms in total. The van der Waals surface area contributed by atoms with Gasteiger partial charge in [-0.25, -0.2) is 21.3 Å². The Bertz CT molecular complexity index is 181. The number of rotatable bonds is 0. The second-order valence-corrected chi connectivity index (χ2v) is 19.0. The maximum Gasteiger partial charge on any atom is 0.0461 e. The Hall–Kier alpha value is 3.74. The molecule has 0 heterocycles. The molecule has 0 saturated carbocycles. The summed E-state index contributed by atoms with van der Waals surface area (Å²) in [5, 5.41) is 20.2. The molecule has 0 atom stereocenters. The molecule has 0 aromatic rings. The van der Waals surface area contributed by atoms with E-state index in [0.717, 1.165) is 0 Å². The minimum atomic E-state index is 0. The largest absolute Gasteiger partial charge is 0.787 e. The predicted molar refractivity (Wildman–Crippen MR) is 155 cm³/mol. The van der Waals surface area contributed by atoms with Gasteiger partial charge in [0, 0.05) is 100 Å². The second kappa shape index (κ2) is 51.4. The summed E-state index contributed by atoms with van der Waals surface area (Å²) in [5.41, 5.74) is 0. The Labute approximate surface area is 264 Å². The Morgan fingerprint density at radius 2 is 0.406 bits per heavy atom. The number of aliphatic hydroxyl groups excluding tert-OH is 3. The van der Waals surface area contributed by atoms with E-state index in [4.69, 9.17) is 53.2 Å². The normalized spacial score (nSPS) is 8.44. The van der Waals surface area contributed by atoms with Crippen molar-refractivity contribution >= 4 is 53.7 Å². The first-order chi connectivity index (χ1) is 12.5. The van der Waals surface area contributed by atoms with Crippen LogP contribution in [0, 0.1) is 21.3 Å². The van der Waals surface area contributed by atoms with Crippen molar-refractivity contribution in [3.63, 3.8) is 0 Å². The fourth-order valence-corrected chi connectivity index (χ4v) is 0. The van der Waals surface area contributed by atoms with Crippen molar-refractivity contribution in [1.82, 2.24) is 0 Å². The Kier molecular flexibility index (Phi) is 113. The maximum atomic E-state index is 6.75. The first kappa shape index (κ1) is 70.5. The molecular weight excluding hydrogens is 1040 g/mol. The SMILES string of the molecule is CC(C)(C)[S-].CC(C)(C)[S-].CC(C)(C)[S-].C[PH+](C)C.C[PH+](C)C.[CH2-]O.[CH2-]O.[CH2-]O.[Ir].[Ir].[Ir]. The monoisotopic (exact) mass is 1090 g/mol. The molecule has 0 aromatic heterocycles. The van der Waals surface area contributed by atoms with Crippen molar-refractivity contribution in [2.75, 3.05) is 40.0 Å². The molecule has 0 aliphatic carbocycles. The van der Waals surface area contributed by atoms with E-state index in [2.05, 4.69) is 61.3 Å². The van der Waals surface area contributed by atoms with Crippen LogP contribution in [-0.4, -0.2) is 69.5 Å². The molecule has 0 bridgehead atoms. The van der Waals surface area contributed by atoms with Gasteiger partial charge < -0.3 is 53.2 Å². The van der Waals surface area contributed by atoms with E-state index in [-0.39, 0.29) is 90.4 Å². The van der Waals surface area contributed by atoms with E-state index in [1.54, 1.807) is 0 Å². The van der Waals surface area contributed by atoms with Crippen LogP contribution < -0.4 is 0 Å². The van der Waals surface area contributed by atoms with Gasteiger partial charge in [-0.2, -0.15) is 14.2 Å². The van der Waals surface area contributed by atoms with Crippen molar-refractivity contribution in [3.05, 3.63) is 21.3 Å². The van der Waals surface area contributed by atoms with Crippen LogP contribution in [0.5, 0.6) is 0 Å². The molecular formula is C21H56Ir3O3P2S3-4. The molecule has 3 radical (unpaired) electrons. The van der Waals surface area contributed by atoms with Crippen LogP contribution in [0.15, 0.2) is 0 Å². The van der Waals surface area contributed by atoms with Crippen molar-refractivity contribution in [2.45, 2.75) is 76.6 Å². The summed E-state index contributed by atoms with van der Waals surface area (Å²) in [4.78, 5) is 0. The number of hydrogen-bond acceptors (Lipinski definition) is 6. The van der Waals surface area contributed by atoms with E-state index in [9.17, 15) is 0 Å². The van der Waals surface area contributed by atoms with Crippen LogP contribution in [0.1, 0.15) is 62.3 Å². The van der Waals surface area contributed by atoms with Crippen molar-refractivity contribution in [2.24, 2.45) is 0 Å².